The summed E-state index contributed by atoms with van der Waals surface area (Å²) in [5.74, 6) is 0.638. The molecule has 0 saturated carbocycles. The van der Waals surface area contributed by atoms with Crippen LogP contribution in [-0.2, 0) is 12.7 Å². The van der Waals surface area contributed by atoms with E-state index in [4.69, 9.17) is 9.15 Å². The van der Waals surface area contributed by atoms with Gasteiger partial charge in [-0.1, -0.05) is 12.1 Å². The molecule has 4 heterocycles. The molecule has 0 aliphatic heterocycles. The molecule has 0 bridgehead atoms. The number of hydrogen-bond acceptors (Lipinski definition) is 8. The van der Waals surface area contributed by atoms with Crippen LogP contribution in [0.3, 0.4) is 0 Å². The van der Waals surface area contributed by atoms with Crippen molar-refractivity contribution in [3.8, 4) is 17.1 Å². The fourth-order valence-electron chi connectivity index (χ4n) is 3.14. The van der Waals surface area contributed by atoms with Gasteiger partial charge in [-0.15, -0.1) is 20.4 Å². The Labute approximate surface area is 188 Å². The smallest absolute Gasteiger partial charge is 0.453 e. The summed E-state index contributed by atoms with van der Waals surface area (Å²) < 4.78 is 52.9. The molecule has 0 N–H and O–H groups in total. The summed E-state index contributed by atoms with van der Waals surface area (Å²) in [4.78, 5) is 0. The van der Waals surface area contributed by atoms with Gasteiger partial charge in [-0.05, 0) is 48.2 Å². The van der Waals surface area contributed by atoms with Gasteiger partial charge in [-0.3, -0.25) is 4.57 Å². The van der Waals surface area contributed by atoms with Crippen LogP contribution in [0.2, 0.25) is 0 Å². The summed E-state index contributed by atoms with van der Waals surface area (Å²) in [6, 6.07) is 13.8. The average molecular weight is 473 g/mol. The second-order valence-corrected chi connectivity index (χ2v) is 7.76. The number of nitrogens with zero attached hydrogens (tertiary/aromatic N) is 7. The number of furan rings is 1. The maximum atomic E-state index is 13.2. The summed E-state index contributed by atoms with van der Waals surface area (Å²) in [7, 11) is 1.57. The Morgan fingerprint density at radius 3 is 2.67 bits per heavy atom. The number of hydrogen-bond donors (Lipinski definition) is 0. The van der Waals surface area contributed by atoms with E-state index in [2.05, 4.69) is 25.5 Å². The van der Waals surface area contributed by atoms with Crippen molar-refractivity contribution < 1.29 is 22.3 Å². The summed E-state index contributed by atoms with van der Waals surface area (Å²) in [6.07, 6.45) is -3.13. The lowest BCUT2D eigenvalue weighted by Crippen LogP contribution is -2.12. The molecule has 0 amide bonds. The number of halogens is 3. The third-order valence-corrected chi connectivity index (χ3v) is 5.54. The lowest BCUT2D eigenvalue weighted by Gasteiger charge is -2.10. The van der Waals surface area contributed by atoms with E-state index in [9.17, 15) is 13.2 Å². The molecule has 0 aliphatic carbocycles. The Balaban J connectivity index is 1.56. The molecule has 0 unspecified atom stereocenters. The summed E-state index contributed by atoms with van der Waals surface area (Å²) in [5.41, 5.74) is 0.739. The predicted octanol–water partition coefficient (Wildman–Crippen LogP) is 4.20. The third-order valence-electron chi connectivity index (χ3n) is 4.63. The van der Waals surface area contributed by atoms with E-state index in [0.29, 0.717) is 33.6 Å². The molecule has 33 heavy (non-hydrogen) atoms. The van der Waals surface area contributed by atoms with Gasteiger partial charge < -0.3 is 9.15 Å². The molecule has 0 fully saturated rings. The van der Waals surface area contributed by atoms with Crippen LogP contribution in [-0.4, -0.2) is 41.7 Å². The van der Waals surface area contributed by atoms with E-state index in [1.165, 1.54) is 6.07 Å². The van der Waals surface area contributed by atoms with Crippen molar-refractivity contribution in [2.75, 3.05) is 7.11 Å². The Morgan fingerprint density at radius 1 is 1.03 bits per heavy atom. The highest BCUT2D eigenvalue weighted by Crippen LogP contribution is 2.32. The molecule has 0 aliphatic rings. The Hall–Kier alpha value is -3.87. The van der Waals surface area contributed by atoms with Crippen molar-refractivity contribution in [3.63, 3.8) is 0 Å². The van der Waals surface area contributed by atoms with Gasteiger partial charge in [0.1, 0.15) is 16.5 Å². The van der Waals surface area contributed by atoms with Gasteiger partial charge in [-0.25, -0.2) is 0 Å². The van der Waals surface area contributed by atoms with E-state index in [-0.39, 0.29) is 10.7 Å². The van der Waals surface area contributed by atoms with E-state index in [0.717, 1.165) is 17.3 Å². The van der Waals surface area contributed by atoms with E-state index in [1.807, 2.05) is 24.3 Å². The van der Waals surface area contributed by atoms with Gasteiger partial charge in [0.15, 0.2) is 16.6 Å². The Bertz CT molecular complexity index is 1410. The summed E-state index contributed by atoms with van der Waals surface area (Å²) >= 11 is 1.06. The largest absolute Gasteiger partial charge is 0.497 e. The predicted molar refractivity (Wildman–Crippen MR) is 110 cm³/mol. The first-order valence-electron chi connectivity index (χ1n) is 9.50. The van der Waals surface area contributed by atoms with E-state index < -0.39 is 12.0 Å². The molecule has 4 aromatic heterocycles. The van der Waals surface area contributed by atoms with Gasteiger partial charge in [0.05, 0.1) is 19.9 Å². The van der Waals surface area contributed by atoms with Crippen molar-refractivity contribution in [2.24, 2.45) is 0 Å². The van der Waals surface area contributed by atoms with Crippen LogP contribution in [0.15, 0.2) is 69.4 Å². The van der Waals surface area contributed by atoms with E-state index >= 15 is 0 Å². The highest BCUT2D eigenvalue weighted by Gasteiger charge is 2.37. The average Bonchev–Trinajstić information content (AvgIpc) is 3.54. The SMILES string of the molecule is COc1cccc(-c2nnc(Sc3ccc4nnc(C(F)(F)F)n4n3)n2Cc2ccco2)c1. The van der Waals surface area contributed by atoms with Crippen molar-refractivity contribution in [3.05, 3.63) is 66.4 Å². The highest BCUT2D eigenvalue weighted by atomic mass is 32.2. The van der Waals surface area contributed by atoms with Crippen LogP contribution < -0.4 is 4.74 Å². The minimum absolute atomic E-state index is 0.0132. The number of methoxy groups -OCH3 is 1. The molecule has 9 nitrogen and oxygen atoms in total. The Kier molecular flexibility index (Phi) is 5.24. The number of aromatic nitrogens is 7. The van der Waals surface area contributed by atoms with Gasteiger partial charge >= 0.3 is 6.18 Å². The minimum atomic E-state index is -4.69. The quantitative estimate of drug-likeness (QED) is 0.362. The monoisotopic (exact) mass is 473 g/mol. The molecule has 168 valence electrons. The molecule has 5 rings (SSSR count). The standard InChI is InChI=1S/C20H14F3N7O2S/c1-31-13-5-2-4-12(10-13)17-25-27-19(29(17)11-14-6-3-9-32-14)33-16-8-7-15-24-26-18(20(21,22)23)30(15)28-16/h2-10H,11H2,1H3. The minimum Gasteiger partial charge on any atom is -0.497 e. The Morgan fingerprint density at radius 2 is 1.91 bits per heavy atom. The molecule has 0 atom stereocenters. The second-order valence-electron chi connectivity index (χ2n) is 6.77. The van der Waals surface area contributed by atoms with Crippen molar-refractivity contribution in [1.29, 1.82) is 0 Å². The molecule has 1 aromatic carbocycles. The number of ether oxygens (including phenoxy) is 1. The lowest BCUT2D eigenvalue weighted by atomic mass is 10.2. The molecular weight excluding hydrogens is 459 g/mol. The second kappa shape index (κ2) is 8.24. The van der Waals surface area contributed by atoms with Crippen molar-refractivity contribution in [1.82, 2.24) is 34.6 Å². The van der Waals surface area contributed by atoms with Gasteiger partial charge in [0, 0.05) is 5.56 Å². The van der Waals surface area contributed by atoms with Crippen LogP contribution in [0.4, 0.5) is 13.2 Å². The fourth-order valence-corrected chi connectivity index (χ4v) is 3.93. The molecule has 13 heteroatoms. The van der Waals surface area contributed by atoms with Gasteiger partial charge in [0.2, 0.25) is 0 Å². The molecule has 5 aromatic rings. The van der Waals surface area contributed by atoms with Crippen LogP contribution in [0.5, 0.6) is 5.75 Å². The molecule has 0 spiro atoms. The molecular formula is C20H14F3N7O2S. The fraction of sp³-hybridized carbons (Fsp3) is 0.150. The zero-order chi connectivity index (χ0) is 23.0. The zero-order valence-corrected chi connectivity index (χ0v) is 17.7. The number of rotatable bonds is 6. The number of benzene rings is 1. The van der Waals surface area contributed by atoms with E-state index in [1.54, 1.807) is 36.1 Å². The van der Waals surface area contributed by atoms with Crippen LogP contribution >= 0.6 is 11.8 Å². The van der Waals surface area contributed by atoms with Crippen LogP contribution in [0.25, 0.3) is 17.0 Å². The van der Waals surface area contributed by atoms with Gasteiger partial charge in [-0.2, -0.15) is 22.8 Å². The highest BCUT2D eigenvalue weighted by molar-refractivity contribution is 7.99. The first-order chi connectivity index (χ1) is 15.9. The maximum absolute atomic E-state index is 13.2. The van der Waals surface area contributed by atoms with Crippen molar-refractivity contribution in [2.45, 2.75) is 22.9 Å². The molecule has 0 saturated heterocycles. The third kappa shape index (κ3) is 4.14. The van der Waals surface area contributed by atoms with Gasteiger partial charge in [0.25, 0.3) is 5.82 Å². The van der Waals surface area contributed by atoms with Crippen molar-refractivity contribution >= 4 is 17.4 Å². The maximum Gasteiger partial charge on any atom is 0.453 e. The first kappa shape index (κ1) is 21.0. The summed E-state index contributed by atoms with van der Waals surface area (Å²) in [5, 5.41) is 20.0. The first-order valence-corrected chi connectivity index (χ1v) is 10.3. The lowest BCUT2D eigenvalue weighted by molar-refractivity contribution is -0.146. The zero-order valence-electron chi connectivity index (χ0n) is 16.9. The number of fused-ring (bicyclic) bond motifs is 1. The van der Waals surface area contributed by atoms with Crippen LogP contribution in [0.1, 0.15) is 11.6 Å². The number of alkyl halides is 3. The van der Waals surface area contributed by atoms with Crippen LogP contribution in [0, 0.1) is 0 Å². The normalized spacial score (nSPS) is 11.9. The summed E-state index contributed by atoms with van der Waals surface area (Å²) in [6.45, 7) is 0.303. The topological polar surface area (TPSA) is 96.2 Å². The molecule has 0 radical (unpaired) electrons.